The van der Waals surface area contributed by atoms with Crippen LogP contribution in [-0.4, -0.2) is 53.1 Å². The van der Waals surface area contributed by atoms with Crippen molar-refractivity contribution >= 4 is 0 Å². The van der Waals surface area contributed by atoms with Gasteiger partial charge in [-0.25, -0.2) is 0 Å². The van der Waals surface area contributed by atoms with Gasteiger partial charge in [0.05, 0.1) is 13.2 Å². The molecule has 3 N–H and O–H groups in total. The molecule has 1 saturated heterocycles. The molecule has 6 heteroatoms. The van der Waals surface area contributed by atoms with Crippen LogP contribution in [0, 0.1) is 0 Å². The van der Waals surface area contributed by atoms with E-state index in [1.165, 1.54) is 0 Å². The molecule has 0 amide bonds. The fourth-order valence-electron chi connectivity index (χ4n) is 1.90. The van der Waals surface area contributed by atoms with E-state index in [1.807, 2.05) is 0 Å². The first-order valence-electron chi connectivity index (χ1n) is 6.03. The minimum atomic E-state index is -1.31. The average Bonchev–Trinajstić information content (AvgIpc) is 2.43. The first kappa shape index (κ1) is 14.1. The van der Waals surface area contributed by atoms with Crippen LogP contribution in [0.25, 0.3) is 0 Å². The highest BCUT2D eigenvalue weighted by molar-refractivity contribution is 5.31. The number of hydrogen-bond acceptors (Lipinski definition) is 6. The Labute approximate surface area is 111 Å². The van der Waals surface area contributed by atoms with E-state index in [0.717, 1.165) is 0 Å². The number of methoxy groups -OCH3 is 1. The minimum absolute atomic E-state index is 0.473. The molecule has 5 atom stereocenters. The number of rotatable bonds is 3. The molecule has 0 aliphatic carbocycles. The summed E-state index contributed by atoms with van der Waals surface area (Å²) in [6, 6.07) is 6.74. The predicted molar refractivity (Wildman–Crippen MR) is 66.0 cm³/mol. The van der Waals surface area contributed by atoms with Crippen molar-refractivity contribution in [3.8, 4) is 11.5 Å². The Balaban J connectivity index is 2.05. The van der Waals surface area contributed by atoms with Gasteiger partial charge in [-0.3, -0.25) is 0 Å². The zero-order valence-corrected chi connectivity index (χ0v) is 10.8. The van der Waals surface area contributed by atoms with Crippen LogP contribution in [0.3, 0.4) is 0 Å². The van der Waals surface area contributed by atoms with Gasteiger partial charge in [0, 0.05) is 0 Å². The topological polar surface area (TPSA) is 88.4 Å². The lowest BCUT2D eigenvalue weighted by molar-refractivity contribution is -0.268. The quantitative estimate of drug-likeness (QED) is 0.711. The molecular formula is C13H18O6. The summed E-state index contributed by atoms with van der Waals surface area (Å²) in [6.45, 7) is 1.60. The average molecular weight is 270 g/mol. The van der Waals surface area contributed by atoms with Crippen LogP contribution in [-0.2, 0) is 4.74 Å². The molecule has 1 aliphatic heterocycles. The number of ether oxygens (including phenoxy) is 3. The molecule has 2 rings (SSSR count). The van der Waals surface area contributed by atoms with Crippen LogP contribution in [0.4, 0.5) is 0 Å². The van der Waals surface area contributed by atoms with E-state index in [1.54, 1.807) is 38.3 Å². The lowest BCUT2D eigenvalue weighted by atomic mass is 10.00. The predicted octanol–water partition coefficient (Wildman–Crippen LogP) is -0.0985. The van der Waals surface area contributed by atoms with Crippen molar-refractivity contribution in [2.24, 2.45) is 0 Å². The number of aliphatic hydroxyl groups is 3. The van der Waals surface area contributed by atoms with Gasteiger partial charge >= 0.3 is 0 Å². The van der Waals surface area contributed by atoms with Crippen molar-refractivity contribution in [3.63, 3.8) is 0 Å². The molecule has 0 aromatic heterocycles. The normalized spacial score (nSPS) is 34.9. The maximum absolute atomic E-state index is 9.80. The van der Waals surface area contributed by atoms with Crippen molar-refractivity contribution in [2.75, 3.05) is 7.11 Å². The van der Waals surface area contributed by atoms with Crippen LogP contribution >= 0.6 is 0 Å². The molecule has 0 saturated carbocycles. The molecule has 106 valence electrons. The van der Waals surface area contributed by atoms with Gasteiger partial charge in [0.2, 0.25) is 6.29 Å². The van der Waals surface area contributed by atoms with Crippen molar-refractivity contribution < 1.29 is 29.5 Å². The van der Waals surface area contributed by atoms with Gasteiger partial charge in [-0.15, -0.1) is 0 Å². The van der Waals surface area contributed by atoms with E-state index in [9.17, 15) is 15.3 Å². The summed E-state index contributed by atoms with van der Waals surface area (Å²) in [5, 5.41) is 29.0. The van der Waals surface area contributed by atoms with Crippen LogP contribution in [0.15, 0.2) is 24.3 Å². The van der Waals surface area contributed by atoms with Crippen molar-refractivity contribution in [2.45, 2.75) is 37.6 Å². The van der Waals surface area contributed by atoms with Crippen molar-refractivity contribution in [3.05, 3.63) is 24.3 Å². The molecule has 19 heavy (non-hydrogen) atoms. The molecular weight excluding hydrogens is 252 g/mol. The highest BCUT2D eigenvalue weighted by Crippen LogP contribution is 2.25. The lowest BCUT2D eigenvalue weighted by Crippen LogP contribution is -2.58. The molecule has 1 aromatic rings. The van der Waals surface area contributed by atoms with Crippen LogP contribution in [0.2, 0.25) is 0 Å². The van der Waals surface area contributed by atoms with Gasteiger partial charge in [0.15, 0.2) is 0 Å². The van der Waals surface area contributed by atoms with Gasteiger partial charge in [0.25, 0.3) is 0 Å². The number of hydrogen-bond donors (Lipinski definition) is 3. The van der Waals surface area contributed by atoms with Gasteiger partial charge in [0.1, 0.15) is 29.8 Å². The van der Waals surface area contributed by atoms with E-state index < -0.39 is 30.7 Å². The second-order valence-corrected chi connectivity index (χ2v) is 4.47. The highest BCUT2D eigenvalue weighted by atomic mass is 16.7. The molecule has 6 nitrogen and oxygen atoms in total. The number of aliphatic hydroxyl groups excluding tert-OH is 3. The molecule has 0 radical (unpaired) electrons. The van der Waals surface area contributed by atoms with E-state index in [-0.39, 0.29) is 0 Å². The molecule has 1 aliphatic rings. The summed E-state index contributed by atoms with van der Waals surface area (Å²) in [5.41, 5.74) is 0. The van der Waals surface area contributed by atoms with E-state index >= 15 is 0 Å². The van der Waals surface area contributed by atoms with Crippen molar-refractivity contribution in [1.82, 2.24) is 0 Å². The molecule has 0 spiro atoms. The third-order valence-corrected chi connectivity index (χ3v) is 3.12. The van der Waals surface area contributed by atoms with E-state index in [2.05, 4.69) is 0 Å². The Bertz CT molecular complexity index is 406. The van der Waals surface area contributed by atoms with Gasteiger partial charge in [-0.2, -0.15) is 0 Å². The molecule has 1 fully saturated rings. The standard InChI is InChI=1S/C13H18O6/c1-7-10(14)11(15)12(16)13(18-7)19-9-5-3-8(17-2)4-6-9/h3-7,10-16H,1-2H3/t7-,10+,11+,12-,13-/m1/s1. The smallest absolute Gasteiger partial charge is 0.229 e. The Morgan fingerprint density at radius 3 is 2.11 bits per heavy atom. The van der Waals surface area contributed by atoms with Gasteiger partial charge in [-0.05, 0) is 31.2 Å². The maximum Gasteiger partial charge on any atom is 0.229 e. The fraction of sp³-hybridized carbons (Fsp3) is 0.538. The van der Waals surface area contributed by atoms with Crippen LogP contribution < -0.4 is 9.47 Å². The molecule has 0 bridgehead atoms. The summed E-state index contributed by atoms with van der Waals surface area (Å²) >= 11 is 0. The van der Waals surface area contributed by atoms with Crippen LogP contribution in [0.1, 0.15) is 6.92 Å². The van der Waals surface area contributed by atoms with Crippen molar-refractivity contribution in [1.29, 1.82) is 0 Å². The zero-order chi connectivity index (χ0) is 14.0. The third kappa shape index (κ3) is 2.98. The monoisotopic (exact) mass is 270 g/mol. The second-order valence-electron chi connectivity index (χ2n) is 4.47. The Morgan fingerprint density at radius 1 is 0.947 bits per heavy atom. The summed E-state index contributed by atoms with van der Waals surface area (Å²) in [5.74, 6) is 1.15. The van der Waals surface area contributed by atoms with Crippen LogP contribution in [0.5, 0.6) is 11.5 Å². The number of benzene rings is 1. The summed E-state index contributed by atoms with van der Waals surface area (Å²) in [7, 11) is 1.56. The van der Waals surface area contributed by atoms with E-state index in [0.29, 0.717) is 11.5 Å². The molecule has 1 aromatic carbocycles. The molecule has 1 heterocycles. The summed E-state index contributed by atoms with van der Waals surface area (Å²) in [6.07, 6.45) is -5.39. The summed E-state index contributed by atoms with van der Waals surface area (Å²) in [4.78, 5) is 0. The Morgan fingerprint density at radius 2 is 1.53 bits per heavy atom. The third-order valence-electron chi connectivity index (χ3n) is 3.12. The Kier molecular flexibility index (Phi) is 4.26. The highest BCUT2D eigenvalue weighted by Gasteiger charge is 2.43. The first-order valence-corrected chi connectivity index (χ1v) is 6.03. The lowest BCUT2D eigenvalue weighted by Gasteiger charge is -2.38. The SMILES string of the molecule is COc1ccc(O[C@H]2O[C@H](C)[C@H](O)[C@H](O)[C@H]2O)cc1. The fourth-order valence-corrected chi connectivity index (χ4v) is 1.90. The maximum atomic E-state index is 9.80. The Hall–Kier alpha value is -1.34. The minimum Gasteiger partial charge on any atom is -0.497 e. The largest absolute Gasteiger partial charge is 0.497 e. The first-order chi connectivity index (χ1) is 9.02. The zero-order valence-electron chi connectivity index (χ0n) is 10.8. The van der Waals surface area contributed by atoms with E-state index in [4.69, 9.17) is 14.2 Å². The van der Waals surface area contributed by atoms with Gasteiger partial charge in [-0.1, -0.05) is 0 Å². The summed E-state index contributed by atoms with van der Waals surface area (Å²) < 4.78 is 15.8. The molecule has 0 unspecified atom stereocenters. The van der Waals surface area contributed by atoms with Gasteiger partial charge < -0.3 is 29.5 Å². The second kappa shape index (κ2) is 5.75.